The molecule has 1 aromatic heterocycles. The molecule has 0 aromatic carbocycles. The third kappa shape index (κ3) is 3.44. The summed E-state index contributed by atoms with van der Waals surface area (Å²) in [6.07, 6.45) is 8.32. The topological polar surface area (TPSA) is 32.8 Å². The van der Waals surface area contributed by atoms with Crippen molar-refractivity contribution in [2.24, 2.45) is 0 Å². The Hall–Kier alpha value is -1.17. The van der Waals surface area contributed by atoms with Crippen LogP contribution in [-0.4, -0.2) is 60.6 Å². The summed E-state index contributed by atoms with van der Waals surface area (Å²) in [5.41, 5.74) is 1.44. The van der Waals surface area contributed by atoms with Gasteiger partial charge in [0.25, 0.3) is 0 Å². The summed E-state index contributed by atoms with van der Waals surface area (Å²) in [5, 5.41) is 2.13. The lowest BCUT2D eigenvalue weighted by molar-refractivity contribution is -0.150. The van der Waals surface area contributed by atoms with Gasteiger partial charge < -0.3 is 9.64 Å². The van der Waals surface area contributed by atoms with Gasteiger partial charge in [0.05, 0.1) is 25.3 Å². The normalized spacial score (nSPS) is 28.3. The monoisotopic (exact) mass is 346 g/mol. The Labute approximate surface area is 148 Å². The smallest absolute Gasteiger partial charge is 0.237 e. The molecule has 1 saturated carbocycles. The maximum atomic E-state index is 12.8. The molecular weight excluding hydrogens is 320 g/mol. The van der Waals surface area contributed by atoms with Crippen LogP contribution < -0.4 is 0 Å². The van der Waals surface area contributed by atoms with Crippen LogP contribution in [0.15, 0.2) is 23.6 Å². The zero-order valence-corrected chi connectivity index (χ0v) is 15.0. The molecule has 3 heterocycles. The summed E-state index contributed by atoms with van der Waals surface area (Å²) in [6, 6.07) is 4.62. The van der Waals surface area contributed by atoms with E-state index in [0.717, 1.165) is 38.9 Å². The molecule has 4 nitrogen and oxygen atoms in total. The number of thiophene rings is 1. The minimum atomic E-state index is 0.281. The lowest BCUT2D eigenvalue weighted by Crippen LogP contribution is -2.56. The van der Waals surface area contributed by atoms with Crippen molar-refractivity contribution in [3.05, 3.63) is 28.5 Å². The van der Waals surface area contributed by atoms with Crippen molar-refractivity contribution in [3.63, 3.8) is 0 Å². The molecule has 2 fully saturated rings. The highest BCUT2D eigenvalue weighted by molar-refractivity contribution is 7.11. The third-order valence-electron chi connectivity index (χ3n) is 5.54. The minimum Gasteiger partial charge on any atom is -0.374 e. The number of carbonyl (C=O) groups excluding carboxylic acids is 1. The maximum Gasteiger partial charge on any atom is 0.237 e. The number of carbonyl (C=O) groups is 1. The summed E-state index contributed by atoms with van der Waals surface area (Å²) in [6.45, 7) is 3.89. The predicted molar refractivity (Wildman–Crippen MR) is 97.1 cm³/mol. The van der Waals surface area contributed by atoms with Crippen LogP contribution in [0.25, 0.3) is 5.57 Å². The first-order valence-corrected chi connectivity index (χ1v) is 10.1. The Balaban J connectivity index is 1.35. The molecule has 2 atom stereocenters. The summed E-state index contributed by atoms with van der Waals surface area (Å²) in [7, 11) is 0. The Kier molecular flexibility index (Phi) is 5.01. The number of ether oxygens (including phenoxy) is 1. The fourth-order valence-electron chi connectivity index (χ4n) is 4.23. The Morgan fingerprint density at radius 3 is 3.00 bits per heavy atom. The van der Waals surface area contributed by atoms with E-state index in [2.05, 4.69) is 33.4 Å². The first kappa shape index (κ1) is 16.3. The van der Waals surface area contributed by atoms with E-state index in [4.69, 9.17) is 4.74 Å². The average Bonchev–Trinajstić information content (AvgIpc) is 3.16. The number of fused-ring (bicyclic) bond motifs is 1. The quantitative estimate of drug-likeness (QED) is 0.843. The second kappa shape index (κ2) is 7.38. The van der Waals surface area contributed by atoms with Gasteiger partial charge in [-0.2, -0.15) is 0 Å². The molecule has 1 aliphatic carbocycles. The van der Waals surface area contributed by atoms with E-state index in [1.165, 1.54) is 23.3 Å². The number of nitrogens with zero attached hydrogens (tertiary/aromatic N) is 2. The summed E-state index contributed by atoms with van der Waals surface area (Å²) in [5.74, 6) is 0.295. The SMILES string of the molecule is O=C(CN1CC=C(c2cccs2)CC1)N1CCO[C@@H]2CCCC[C@@H]21. The van der Waals surface area contributed by atoms with Crippen LogP contribution in [0.5, 0.6) is 0 Å². The number of hydrogen-bond donors (Lipinski definition) is 0. The molecule has 0 N–H and O–H groups in total. The first-order chi connectivity index (χ1) is 11.8. The lowest BCUT2D eigenvalue weighted by atomic mass is 9.90. The van der Waals surface area contributed by atoms with Crippen molar-refractivity contribution >= 4 is 22.8 Å². The standard InChI is InChI=1S/C19H26N2O2S/c22-19(21-11-12-23-17-5-2-1-4-16(17)21)14-20-9-7-15(8-10-20)18-6-3-13-24-18/h3,6-7,13,16-17H,1-2,4-5,8-12,14H2/t16-,17+/m0/s1. The van der Waals surface area contributed by atoms with Gasteiger partial charge in [0.1, 0.15) is 0 Å². The van der Waals surface area contributed by atoms with Gasteiger partial charge in [-0.1, -0.05) is 25.0 Å². The van der Waals surface area contributed by atoms with Gasteiger partial charge in [0.15, 0.2) is 0 Å². The number of amides is 1. The molecule has 1 saturated heterocycles. The van der Waals surface area contributed by atoms with Crippen molar-refractivity contribution in [1.29, 1.82) is 0 Å². The molecule has 1 amide bonds. The molecule has 0 radical (unpaired) electrons. The van der Waals surface area contributed by atoms with Crippen LogP contribution in [-0.2, 0) is 9.53 Å². The zero-order valence-electron chi connectivity index (χ0n) is 14.2. The van der Waals surface area contributed by atoms with Gasteiger partial charge >= 0.3 is 0 Å². The van der Waals surface area contributed by atoms with Crippen LogP contribution in [0, 0.1) is 0 Å². The molecule has 0 bridgehead atoms. The molecule has 0 unspecified atom stereocenters. The minimum absolute atomic E-state index is 0.281. The number of morpholine rings is 1. The van der Waals surface area contributed by atoms with E-state index in [-0.39, 0.29) is 6.10 Å². The largest absolute Gasteiger partial charge is 0.374 e. The molecule has 2 aliphatic heterocycles. The third-order valence-corrected chi connectivity index (χ3v) is 6.49. The maximum absolute atomic E-state index is 12.8. The molecular formula is C19H26N2O2S. The van der Waals surface area contributed by atoms with Crippen molar-refractivity contribution in [1.82, 2.24) is 9.80 Å². The van der Waals surface area contributed by atoms with Gasteiger partial charge in [-0.3, -0.25) is 9.69 Å². The number of hydrogen-bond acceptors (Lipinski definition) is 4. The Morgan fingerprint density at radius 2 is 2.21 bits per heavy atom. The molecule has 24 heavy (non-hydrogen) atoms. The van der Waals surface area contributed by atoms with Gasteiger partial charge in [-0.25, -0.2) is 0 Å². The van der Waals surface area contributed by atoms with E-state index in [9.17, 15) is 4.79 Å². The van der Waals surface area contributed by atoms with Crippen LogP contribution in [0.1, 0.15) is 37.0 Å². The second-order valence-corrected chi connectivity index (χ2v) is 7.99. The van der Waals surface area contributed by atoms with E-state index >= 15 is 0 Å². The second-order valence-electron chi connectivity index (χ2n) is 7.04. The summed E-state index contributed by atoms with van der Waals surface area (Å²) < 4.78 is 5.89. The van der Waals surface area contributed by atoms with Crippen molar-refractivity contribution in [2.75, 3.05) is 32.8 Å². The first-order valence-electron chi connectivity index (χ1n) is 9.17. The predicted octanol–water partition coefficient (Wildman–Crippen LogP) is 3.01. The molecule has 130 valence electrons. The van der Waals surface area contributed by atoms with Crippen LogP contribution >= 0.6 is 11.3 Å². The highest BCUT2D eigenvalue weighted by atomic mass is 32.1. The molecule has 1 aromatic rings. The van der Waals surface area contributed by atoms with Gasteiger partial charge in [-0.05, 0) is 36.3 Å². The van der Waals surface area contributed by atoms with Crippen molar-refractivity contribution in [3.8, 4) is 0 Å². The Morgan fingerprint density at radius 1 is 1.29 bits per heavy atom. The van der Waals surface area contributed by atoms with Crippen molar-refractivity contribution < 1.29 is 9.53 Å². The Bertz CT molecular complexity index is 597. The molecule has 5 heteroatoms. The van der Waals surface area contributed by atoms with Crippen LogP contribution in [0.2, 0.25) is 0 Å². The lowest BCUT2D eigenvalue weighted by Gasteiger charge is -2.44. The zero-order chi connectivity index (χ0) is 16.4. The van der Waals surface area contributed by atoms with Crippen LogP contribution in [0.3, 0.4) is 0 Å². The van der Waals surface area contributed by atoms with E-state index < -0.39 is 0 Å². The highest BCUT2D eigenvalue weighted by Crippen LogP contribution is 2.29. The van der Waals surface area contributed by atoms with E-state index in [0.29, 0.717) is 25.1 Å². The van der Waals surface area contributed by atoms with Crippen molar-refractivity contribution in [2.45, 2.75) is 44.2 Å². The summed E-state index contributed by atoms with van der Waals surface area (Å²) in [4.78, 5) is 18.6. The summed E-state index contributed by atoms with van der Waals surface area (Å²) >= 11 is 1.80. The van der Waals surface area contributed by atoms with Gasteiger partial charge in [-0.15, -0.1) is 11.3 Å². The van der Waals surface area contributed by atoms with Gasteiger partial charge in [0.2, 0.25) is 5.91 Å². The van der Waals surface area contributed by atoms with E-state index in [1.54, 1.807) is 11.3 Å². The molecule has 4 rings (SSSR count). The highest BCUT2D eigenvalue weighted by Gasteiger charge is 2.36. The number of rotatable bonds is 3. The fraction of sp³-hybridized carbons (Fsp3) is 0.632. The average molecular weight is 346 g/mol. The van der Waals surface area contributed by atoms with E-state index in [1.807, 2.05) is 0 Å². The molecule has 0 spiro atoms. The van der Waals surface area contributed by atoms with Crippen LogP contribution in [0.4, 0.5) is 0 Å². The van der Waals surface area contributed by atoms with Gasteiger partial charge in [0, 0.05) is 24.5 Å². The fourth-order valence-corrected chi connectivity index (χ4v) is 5.03. The molecule has 3 aliphatic rings.